The Morgan fingerprint density at radius 1 is 1.09 bits per heavy atom. The van der Waals surface area contributed by atoms with Gasteiger partial charge in [0.25, 0.3) is 0 Å². The number of amides is 1. The van der Waals surface area contributed by atoms with Crippen LogP contribution >= 0.6 is 0 Å². The van der Waals surface area contributed by atoms with Gasteiger partial charge in [-0.05, 0) is 69.8 Å². The summed E-state index contributed by atoms with van der Waals surface area (Å²) in [6.07, 6.45) is 4.36. The van der Waals surface area contributed by atoms with Crippen molar-refractivity contribution in [1.82, 2.24) is 19.7 Å². The lowest BCUT2D eigenvalue weighted by Crippen LogP contribution is -2.32. The molecule has 5 rings (SSSR count). The van der Waals surface area contributed by atoms with E-state index in [1.807, 2.05) is 48.9 Å². The smallest absolute Gasteiger partial charge is 0.249 e. The van der Waals surface area contributed by atoms with Crippen LogP contribution in [0.15, 0.2) is 47.0 Å². The molecule has 0 saturated carbocycles. The molecule has 0 spiro atoms. The molecule has 0 unspecified atom stereocenters. The number of benzene rings is 2. The average molecular weight is 472 g/mol. The second-order valence-corrected chi connectivity index (χ2v) is 9.97. The molecule has 0 bridgehead atoms. The highest BCUT2D eigenvalue weighted by atomic mass is 16.4. The summed E-state index contributed by atoms with van der Waals surface area (Å²) in [6.45, 7) is 11.4. The summed E-state index contributed by atoms with van der Waals surface area (Å²) in [7, 11) is 0. The Hall–Kier alpha value is -3.45. The monoisotopic (exact) mass is 471 g/mol. The summed E-state index contributed by atoms with van der Waals surface area (Å²) in [5, 5.41) is 12.8. The minimum atomic E-state index is -0.0714. The fraction of sp³-hybridized carbons (Fsp3) is 0.393. The predicted molar refractivity (Wildman–Crippen MR) is 138 cm³/mol. The van der Waals surface area contributed by atoms with Crippen LogP contribution in [0.2, 0.25) is 0 Å². The summed E-state index contributed by atoms with van der Waals surface area (Å²) in [5.74, 6) is 1.84. The predicted octanol–water partition coefficient (Wildman–Crippen LogP) is 5.49. The van der Waals surface area contributed by atoms with Crippen LogP contribution in [0.5, 0.6) is 0 Å². The zero-order valence-electron chi connectivity index (χ0n) is 21.0. The van der Waals surface area contributed by atoms with Crippen LogP contribution in [0.1, 0.15) is 42.3 Å². The standard InChI is InChI=1S/C28H33N5O2/c1-18-9-11-32(12-10-18)17-26-30-31-28(35-26)23-15-33(24-8-6-5-7-22(23)24)16-25(34)29-27-20(3)13-19(2)14-21(27)4/h5-8,13-15,18H,9-12,16-17H2,1-4H3,(H,29,34). The van der Waals surface area contributed by atoms with E-state index in [1.165, 1.54) is 18.4 Å². The van der Waals surface area contributed by atoms with Crippen LogP contribution in [-0.4, -0.2) is 38.7 Å². The summed E-state index contributed by atoms with van der Waals surface area (Å²) in [4.78, 5) is 15.4. The van der Waals surface area contributed by atoms with Crippen LogP contribution in [0.3, 0.4) is 0 Å². The topological polar surface area (TPSA) is 76.2 Å². The number of hydrogen-bond donors (Lipinski definition) is 1. The summed E-state index contributed by atoms with van der Waals surface area (Å²) >= 11 is 0. The molecular formula is C28H33N5O2. The van der Waals surface area contributed by atoms with Gasteiger partial charge in [-0.15, -0.1) is 10.2 Å². The lowest BCUT2D eigenvalue weighted by atomic mass is 9.99. The second kappa shape index (κ2) is 9.66. The van der Waals surface area contributed by atoms with Crippen LogP contribution in [0.25, 0.3) is 22.4 Å². The SMILES string of the molecule is Cc1cc(C)c(NC(=O)Cn2cc(-c3nnc(CN4CCC(C)CC4)o3)c3ccccc32)c(C)c1. The van der Waals surface area contributed by atoms with Crippen molar-refractivity contribution in [3.8, 4) is 11.5 Å². The summed E-state index contributed by atoms with van der Waals surface area (Å²) in [6, 6.07) is 12.2. The van der Waals surface area contributed by atoms with E-state index in [0.717, 1.165) is 52.3 Å². The van der Waals surface area contributed by atoms with Gasteiger partial charge in [-0.25, -0.2) is 0 Å². The van der Waals surface area contributed by atoms with Gasteiger partial charge in [0.15, 0.2) is 0 Å². The Labute approximate surface area is 206 Å². The van der Waals surface area contributed by atoms with Crippen LogP contribution in [0.4, 0.5) is 5.69 Å². The largest absolute Gasteiger partial charge is 0.419 e. The highest BCUT2D eigenvalue weighted by Gasteiger charge is 2.21. The van der Waals surface area contributed by atoms with E-state index in [-0.39, 0.29) is 12.5 Å². The Kier molecular flexibility index (Phi) is 6.43. The molecule has 0 atom stereocenters. The van der Waals surface area contributed by atoms with Gasteiger partial charge in [-0.2, -0.15) is 0 Å². The number of hydrogen-bond acceptors (Lipinski definition) is 5. The van der Waals surface area contributed by atoms with E-state index >= 15 is 0 Å². The zero-order valence-corrected chi connectivity index (χ0v) is 21.0. The maximum Gasteiger partial charge on any atom is 0.249 e. The summed E-state index contributed by atoms with van der Waals surface area (Å²) < 4.78 is 8.04. The van der Waals surface area contributed by atoms with Crippen molar-refractivity contribution >= 4 is 22.5 Å². The number of likely N-dealkylation sites (tertiary alicyclic amines) is 1. The number of piperidine rings is 1. The number of para-hydroxylation sites is 1. The van der Waals surface area contributed by atoms with Crippen LogP contribution in [0, 0.1) is 26.7 Å². The lowest BCUT2D eigenvalue weighted by molar-refractivity contribution is -0.116. The first-order chi connectivity index (χ1) is 16.9. The van der Waals surface area contributed by atoms with Crippen molar-refractivity contribution < 1.29 is 9.21 Å². The van der Waals surface area contributed by atoms with Gasteiger partial charge >= 0.3 is 0 Å². The van der Waals surface area contributed by atoms with Gasteiger partial charge in [-0.3, -0.25) is 9.69 Å². The van der Waals surface area contributed by atoms with Crippen molar-refractivity contribution in [3.63, 3.8) is 0 Å². The van der Waals surface area contributed by atoms with Crippen LogP contribution < -0.4 is 5.32 Å². The van der Waals surface area contributed by atoms with Gasteiger partial charge < -0.3 is 14.3 Å². The molecule has 2 aromatic heterocycles. The van der Waals surface area contributed by atoms with Crippen LogP contribution in [-0.2, 0) is 17.9 Å². The Balaban J connectivity index is 1.37. The molecule has 1 aliphatic heterocycles. The number of aryl methyl sites for hydroxylation is 3. The number of rotatable bonds is 6. The molecule has 1 amide bonds. The lowest BCUT2D eigenvalue weighted by Gasteiger charge is -2.28. The minimum Gasteiger partial charge on any atom is -0.419 e. The van der Waals surface area contributed by atoms with Crippen molar-refractivity contribution in [3.05, 3.63) is 65.2 Å². The highest BCUT2D eigenvalue weighted by Crippen LogP contribution is 2.30. The van der Waals surface area contributed by atoms with Crippen molar-refractivity contribution in [2.45, 2.75) is 53.6 Å². The maximum atomic E-state index is 13.0. The molecule has 0 aliphatic carbocycles. The molecule has 4 aromatic rings. The third-order valence-electron chi connectivity index (χ3n) is 6.98. The molecule has 1 aliphatic rings. The van der Waals surface area contributed by atoms with Crippen molar-refractivity contribution in [1.29, 1.82) is 0 Å². The molecule has 35 heavy (non-hydrogen) atoms. The third-order valence-corrected chi connectivity index (χ3v) is 6.98. The van der Waals surface area contributed by atoms with Gasteiger partial charge in [0, 0.05) is 22.8 Å². The third kappa shape index (κ3) is 5.00. The molecular weight excluding hydrogens is 438 g/mol. The summed E-state index contributed by atoms with van der Waals surface area (Å²) in [5.41, 5.74) is 6.01. The molecule has 3 heterocycles. The molecule has 0 radical (unpaired) electrons. The van der Waals surface area contributed by atoms with E-state index in [0.29, 0.717) is 18.3 Å². The van der Waals surface area contributed by atoms with Crippen molar-refractivity contribution in [2.24, 2.45) is 5.92 Å². The molecule has 1 saturated heterocycles. The van der Waals surface area contributed by atoms with E-state index in [9.17, 15) is 4.79 Å². The number of nitrogens with zero attached hydrogens (tertiary/aromatic N) is 4. The Morgan fingerprint density at radius 2 is 1.80 bits per heavy atom. The first-order valence-corrected chi connectivity index (χ1v) is 12.4. The zero-order chi connectivity index (χ0) is 24.5. The molecule has 182 valence electrons. The van der Waals surface area contributed by atoms with Gasteiger partial charge in [0.2, 0.25) is 17.7 Å². The molecule has 1 fully saturated rings. The molecule has 2 aromatic carbocycles. The van der Waals surface area contributed by atoms with E-state index in [4.69, 9.17) is 4.42 Å². The average Bonchev–Trinajstić information content (AvgIpc) is 3.43. The number of aromatic nitrogens is 3. The number of nitrogens with one attached hydrogen (secondary N) is 1. The number of carbonyl (C=O) groups excluding carboxylic acids is 1. The number of anilines is 1. The Morgan fingerprint density at radius 3 is 2.54 bits per heavy atom. The quantitative estimate of drug-likeness (QED) is 0.403. The molecule has 1 N–H and O–H groups in total. The Bertz CT molecular complexity index is 1340. The van der Waals surface area contributed by atoms with Gasteiger partial charge in [0.05, 0.1) is 12.1 Å². The first kappa shape index (κ1) is 23.3. The van der Waals surface area contributed by atoms with E-state index < -0.39 is 0 Å². The van der Waals surface area contributed by atoms with Gasteiger partial charge in [-0.1, -0.05) is 42.8 Å². The van der Waals surface area contributed by atoms with E-state index in [2.05, 4.69) is 46.4 Å². The molecule has 7 heteroatoms. The fourth-order valence-corrected chi connectivity index (χ4v) is 5.10. The normalized spacial score (nSPS) is 15.1. The highest BCUT2D eigenvalue weighted by molar-refractivity contribution is 5.97. The van der Waals surface area contributed by atoms with E-state index in [1.54, 1.807) is 0 Å². The fourth-order valence-electron chi connectivity index (χ4n) is 5.10. The van der Waals surface area contributed by atoms with Crippen molar-refractivity contribution in [2.75, 3.05) is 18.4 Å². The number of fused-ring (bicyclic) bond motifs is 1. The number of carbonyl (C=O) groups is 1. The van der Waals surface area contributed by atoms with Gasteiger partial charge in [0.1, 0.15) is 6.54 Å². The first-order valence-electron chi connectivity index (χ1n) is 12.4. The maximum absolute atomic E-state index is 13.0. The second-order valence-electron chi connectivity index (χ2n) is 9.97. The minimum absolute atomic E-state index is 0.0714. The molecule has 7 nitrogen and oxygen atoms in total.